The summed E-state index contributed by atoms with van der Waals surface area (Å²) in [6.07, 6.45) is 23.9. The van der Waals surface area contributed by atoms with Gasteiger partial charge in [0.05, 0.1) is 0 Å². The molecule has 0 heterocycles. The third-order valence-corrected chi connectivity index (χ3v) is 5.59. The molecule has 114 valence electrons. The molecule has 0 radical (unpaired) electrons. The van der Waals surface area contributed by atoms with E-state index in [0.29, 0.717) is 0 Å². The maximum absolute atomic E-state index is 2.49. The molecule has 2 aliphatic rings. The molecule has 0 aromatic heterocycles. The highest BCUT2D eigenvalue weighted by molar-refractivity contribution is 4.94. The minimum Gasteiger partial charge on any atom is -0.0885 e. The molecule has 0 N–H and O–H groups in total. The lowest BCUT2D eigenvalue weighted by Crippen LogP contribution is -2.25. The summed E-state index contributed by atoms with van der Waals surface area (Å²) in [5, 5.41) is 0. The van der Waals surface area contributed by atoms with E-state index in [9.17, 15) is 0 Å². The minimum absolute atomic E-state index is 0.898. The summed E-state index contributed by atoms with van der Waals surface area (Å²) in [6, 6.07) is 0. The lowest BCUT2D eigenvalue weighted by Gasteiger charge is -2.37. The lowest BCUT2D eigenvalue weighted by molar-refractivity contribution is 0.166. The Morgan fingerprint density at radius 3 is 1.25 bits per heavy atom. The van der Waals surface area contributed by atoms with Crippen LogP contribution in [0.5, 0.6) is 0 Å². The summed E-state index contributed by atoms with van der Waals surface area (Å²) >= 11 is 0. The van der Waals surface area contributed by atoms with E-state index in [0.717, 1.165) is 23.7 Å². The minimum atomic E-state index is 0.898. The number of hydrogen-bond donors (Lipinski definition) is 0. The first kappa shape index (κ1) is 15.9. The molecule has 0 aromatic carbocycles. The molecule has 0 amide bonds. The smallest absolute Gasteiger partial charge is 0.0233 e. The molecule has 0 unspecified atom stereocenters. The molecule has 20 heavy (non-hydrogen) atoms. The molecular weight excluding hydrogens is 240 g/mol. The number of hydrogen-bond acceptors (Lipinski definition) is 0. The zero-order chi connectivity index (χ0) is 14.2. The molecule has 2 aliphatic carbocycles. The van der Waals surface area contributed by atoms with Gasteiger partial charge in [-0.1, -0.05) is 38.2 Å². The van der Waals surface area contributed by atoms with Crippen molar-refractivity contribution in [1.82, 2.24) is 0 Å². The van der Waals surface area contributed by atoms with Gasteiger partial charge in [0, 0.05) is 0 Å². The molecule has 0 nitrogen and oxygen atoms in total. The fourth-order valence-electron chi connectivity index (χ4n) is 4.27. The van der Waals surface area contributed by atoms with E-state index in [2.05, 4.69) is 38.2 Å². The second kappa shape index (κ2) is 8.70. The van der Waals surface area contributed by atoms with Gasteiger partial charge in [-0.05, 0) is 87.9 Å². The lowest BCUT2D eigenvalue weighted by atomic mass is 9.69. The highest BCUT2D eigenvalue weighted by Crippen LogP contribution is 2.41. The Bertz CT molecular complexity index is 264. The summed E-state index contributed by atoms with van der Waals surface area (Å²) in [5.41, 5.74) is 0. The van der Waals surface area contributed by atoms with Crippen molar-refractivity contribution in [2.45, 2.75) is 78.1 Å². The molecule has 0 aliphatic heterocycles. The van der Waals surface area contributed by atoms with Crippen LogP contribution in [-0.4, -0.2) is 0 Å². The first-order chi connectivity index (χ1) is 9.83. The molecule has 0 atom stereocenters. The normalized spacial score (nSPS) is 35.9. The maximum Gasteiger partial charge on any atom is -0.0233 e. The van der Waals surface area contributed by atoms with Crippen LogP contribution in [-0.2, 0) is 0 Å². The summed E-state index contributed by atoms with van der Waals surface area (Å²) < 4.78 is 0. The topological polar surface area (TPSA) is 0 Å². The first-order valence-corrected chi connectivity index (χ1v) is 9.16. The van der Waals surface area contributed by atoms with Crippen molar-refractivity contribution in [3.05, 3.63) is 24.3 Å². The highest BCUT2D eigenvalue weighted by atomic mass is 14.3. The Kier molecular flexibility index (Phi) is 6.90. The Balaban J connectivity index is 1.70. The molecule has 0 saturated heterocycles. The predicted molar refractivity (Wildman–Crippen MR) is 89.8 cm³/mol. The van der Waals surface area contributed by atoms with Crippen molar-refractivity contribution in [1.29, 1.82) is 0 Å². The molecule has 0 aromatic rings. The van der Waals surface area contributed by atoms with Crippen LogP contribution in [0, 0.1) is 23.7 Å². The number of rotatable bonds is 5. The molecule has 2 rings (SSSR count). The Hall–Kier alpha value is -0.520. The molecule has 0 bridgehead atoms. The zero-order valence-electron chi connectivity index (χ0n) is 13.7. The summed E-state index contributed by atoms with van der Waals surface area (Å²) in [6.45, 7) is 4.49. The predicted octanol–water partition coefficient (Wildman–Crippen LogP) is 6.53. The van der Waals surface area contributed by atoms with Gasteiger partial charge in [0.25, 0.3) is 0 Å². The summed E-state index contributed by atoms with van der Waals surface area (Å²) in [5.74, 6) is 3.90. The van der Waals surface area contributed by atoms with Crippen LogP contribution in [0.2, 0.25) is 0 Å². The fraction of sp³-hybridized carbons (Fsp3) is 0.800. The molecule has 0 spiro atoms. The third kappa shape index (κ3) is 4.79. The van der Waals surface area contributed by atoms with Crippen LogP contribution in [0.4, 0.5) is 0 Å². The van der Waals surface area contributed by atoms with Gasteiger partial charge >= 0.3 is 0 Å². The van der Waals surface area contributed by atoms with Crippen LogP contribution in [0.1, 0.15) is 78.1 Å². The second-order valence-corrected chi connectivity index (χ2v) is 7.02. The van der Waals surface area contributed by atoms with Crippen molar-refractivity contribution in [2.75, 3.05) is 0 Å². The van der Waals surface area contributed by atoms with E-state index < -0.39 is 0 Å². The summed E-state index contributed by atoms with van der Waals surface area (Å²) in [7, 11) is 0. The quantitative estimate of drug-likeness (QED) is 0.500. The van der Waals surface area contributed by atoms with Gasteiger partial charge in [0.2, 0.25) is 0 Å². The Labute approximate surface area is 126 Å². The monoisotopic (exact) mass is 274 g/mol. The van der Waals surface area contributed by atoms with Crippen molar-refractivity contribution in [3.63, 3.8) is 0 Å². The van der Waals surface area contributed by atoms with Gasteiger partial charge in [-0.2, -0.15) is 0 Å². The zero-order valence-corrected chi connectivity index (χ0v) is 13.7. The number of allylic oxidation sites excluding steroid dienone is 4. The van der Waals surface area contributed by atoms with E-state index >= 15 is 0 Å². The van der Waals surface area contributed by atoms with Crippen LogP contribution >= 0.6 is 0 Å². The highest BCUT2D eigenvalue weighted by Gasteiger charge is 2.29. The van der Waals surface area contributed by atoms with E-state index in [1.165, 1.54) is 64.2 Å². The fourth-order valence-corrected chi connectivity index (χ4v) is 4.27. The molecule has 2 fully saturated rings. The first-order valence-electron chi connectivity index (χ1n) is 9.16. The van der Waals surface area contributed by atoms with Gasteiger partial charge in [-0.15, -0.1) is 0 Å². The standard InChI is InChI=1S/C20H34/c1-3-5-7-17-9-13-19(14-10-17)20-15-11-18(12-16-20)8-6-4-2/h5-8,17-20H,3-4,9-16H2,1-2H3. The Morgan fingerprint density at radius 1 is 0.600 bits per heavy atom. The van der Waals surface area contributed by atoms with Crippen molar-refractivity contribution >= 4 is 0 Å². The van der Waals surface area contributed by atoms with Crippen molar-refractivity contribution in [2.24, 2.45) is 23.7 Å². The van der Waals surface area contributed by atoms with Crippen LogP contribution in [0.25, 0.3) is 0 Å². The van der Waals surface area contributed by atoms with Crippen LogP contribution in [0.15, 0.2) is 24.3 Å². The largest absolute Gasteiger partial charge is 0.0885 e. The van der Waals surface area contributed by atoms with E-state index in [1.807, 2.05) is 0 Å². The summed E-state index contributed by atoms with van der Waals surface area (Å²) in [4.78, 5) is 0. The molecular formula is C20H34. The van der Waals surface area contributed by atoms with E-state index in [-0.39, 0.29) is 0 Å². The Morgan fingerprint density at radius 2 is 0.950 bits per heavy atom. The molecule has 0 heteroatoms. The maximum atomic E-state index is 2.49. The van der Waals surface area contributed by atoms with Gasteiger partial charge in [-0.25, -0.2) is 0 Å². The van der Waals surface area contributed by atoms with Crippen LogP contribution in [0.3, 0.4) is 0 Å². The van der Waals surface area contributed by atoms with E-state index in [1.54, 1.807) is 0 Å². The second-order valence-electron chi connectivity index (χ2n) is 7.02. The SMILES string of the molecule is CCC=CC1CCC(C2CCC(C=CCC)CC2)CC1. The van der Waals surface area contributed by atoms with Gasteiger partial charge in [0.1, 0.15) is 0 Å². The molecule has 2 saturated carbocycles. The van der Waals surface area contributed by atoms with Gasteiger partial charge < -0.3 is 0 Å². The average molecular weight is 274 g/mol. The van der Waals surface area contributed by atoms with Gasteiger partial charge in [0.15, 0.2) is 0 Å². The van der Waals surface area contributed by atoms with Crippen molar-refractivity contribution < 1.29 is 0 Å². The van der Waals surface area contributed by atoms with E-state index in [4.69, 9.17) is 0 Å². The third-order valence-electron chi connectivity index (χ3n) is 5.59. The average Bonchev–Trinajstić information content (AvgIpc) is 2.52. The van der Waals surface area contributed by atoms with Gasteiger partial charge in [-0.3, -0.25) is 0 Å². The van der Waals surface area contributed by atoms with Crippen LogP contribution < -0.4 is 0 Å². The van der Waals surface area contributed by atoms with Crippen molar-refractivity contribution in [3.8, 4) is 0 Å².